The van der Waals surface area contributed by atoms with Gasteiger partial charge in [-0.2, -0.15) is 0 Å². The van der Waals surface area contributed by atoms with E-state index in [1.807, 2.05) is 13.8 Å². The average molecular weight is 388 g/mol. The number of nitrogens with one attached hydrogen (secondary N) is 1. The van der Waals surface area contributed by atoms with Crippen LogP contribution in [0.15, 0.2) is 0 Å². The van der Waals surface area contributed by atoms with E-state index in [0.29, 0.717) is 21.9 Å². The van der Waals surface area contributed by atoms with E-state index >= 15 is 0 Å². The Balaban J connectivity index is 0. The first-order valence-corrected chi connectivity index (χ1v) is 10.9. The second-order valence-corrected chi connectivity index (χ2v) is 11.2. The Morgan fingerprint density at radius 2 is 1.27 bits per heavy atom. The van der Waals surface area contributed by atoms with Crippen molar-refractivity contribution in [2.75, 3.05) is 0 Å². The molecule has 0 heterocycles. The highest BCUT2D eigenvalue weighted by Crippen LogP contribution is 2.34. The molecule has 0 aliphatic heterocycles. The molecule has 2 nitrogen and oxygen atoms in total. The summed E-state index contributed by atoms with van der Waals surface area (Å²) in [7, 11) is 0. The highest BCUT2D eigenvalue weighted by molar-refractivity contribution is 7.80. The predicted octanol–water partition coefficient (Wildman–Crippen LogP) is 7.75. The second-order valence-electron chi connectivity index (χ2n) is 10.9. The maximum atomic E-state index is 6.07. The van der Waals surface area contributed by atoms with Crippen molar-refractivity contribution in [3.8, 4) is 0 Å². The molecule has 0 aliphatic carbocycles. The first kappa shape index (κ1) is 27.9. The summed E-state index contributed by atoms with van der Waals surface area (Å²) in [5, 5.41) is 3.96. The molecule has 0 radical (unpaired) electrons. The molecule has 0 atom stereocenters. The molecule has 0 aromatic heterocycles. The van der Waals surface area contributed by atoms with Crippen LogP contribution >= 0.6 is 12.2 Å². The lowest BCUT2D eigenvalue weighted by molar-refractivity contribution is 0.0668. The monoisotopic (exact) mass is 387 g/mol. The minimum Gasteiger partial charge on any atom is -0.465 e. The molecule has 0 saturated carbocycles. The summed E-state index contributed by atoms with van der Waals surface area (Å²) in [6.45, 7) is 28.7. The third-order valence-corrected chi connectivity index (χ3v) is 5.43. The summed E-state index contributed by atoms with van der Waals surface area (Å²) in [5.74, 6) is 0.674. The summed E-state index contributed by atoms with van der Waals surface area (Å²) in [5.41, 5.74) is 0.374. The van der Waals surface area contributed by atoms with Gasteiger partial charge in [0.1, 0.15) is 5.60 Å². The van der Waals surface area contributed by atoms with E-state index in [0.717, 1.165) is 19.3 Å². The van der Waals surface area contributed by atoms with Crippen molar-refractivity contribution < 1.29 is 4.74 Å². The fraction of sp³-hybridized carbons (Fsp3) is 0.957. The van der Waals surface area contributed by atoms with E-state index in [4.69, 9.17) is 17.0 Å². The van der Waals surface area contributed by atoms with Crippen molar-refractivity contribution in [3.05, 3.63) is 0 Å². The van der Waals surface area contributed by atoms with Gasteiger partial charge < -0.3 is 10.1 Å². The molecule has 0 aromatic rings. The third kappa shape index (κ3) is 13.8. The van der Waals surface area contributed by atoms with Crippen molar-refractivity contribution in [1.82, 2.24) is 5.32 Å². The molecule has 26 heavy (non-hydrogen) atoms. The minimum atomic E-state index is -0.232. The Morgan fingerprint density at radius 3 is 1.65 bits per heavy atom. The fourth-order valence-corrected chi connectivity index (χ4v) is 2.77. The van der Waals surface area contributed by atoms with Gasteiger partial charge in [0.15, 0.2) is 0 Å². The summed E-state index contributed by atoms with van der Waals surface area (Å²) in [6, 6.07) is 0. The first-order chi connectivity index (χ1) is 11.5. The molecule has 0 fully saturated rings. The first-order valence-electron chi connectivity index (χ1n) is 10.5. The van der Waals surface area contributed by atoms with Crippen LogP contribution in [-0.2, 0) is 4.74 Å². The molecule has 0 amide bonds. The zero-order valence-electron chi connectivity index (χ0n) is 20.2. The Hall–Kier alpha value is -0.310. The van der Waals surface area contributed by atoms with E-state index in [9.17, 15) is 0 Å². The molecule has 0 spiro atoms. The molecule has 0 aromatic carbocycles. The summed E-state index contributed by atoms with van der Waals surface area (Å²) >= 11 is 5.48. The Bertz CT molecular complexity index is 403. The van der Waals surface area contributed by atoms with Crippen molar-refractivity contribution >= 4 is 17.4 Å². The summed E-state index contributed by atoms with van der Waals surface area (Å²) in [4.78, 5) is 0. The van der Waals surface area contributed by atoms with E-state index in [1.165, 1.54) is 6.42 Å². The Morgan fingerprint density at radius 1 is 0.808 bits per heavy atom. The maximum absolute atomic E-state index is 6.07. The van der Waals surface area contributed by atoms with E-state index < -0.39 is 0 Å². The number of ether oxygens (including phenoxy) is 1. The molecule has 0 saturated heterocycles. The normalized spacial score (nSPS) is 13.2. The maximum Gasteiger partial charge on any atom is 0.257 e. The van der Waals surface area contributed by atoms with Crippen LogP contribution in [0, 0.1) is 16.7 Å². The largest absolute Gasteiger partial charge is 0.465 e. The Labute approximate surface area is 171 Å². The highest BCUT2D eigenvalue weighted by Gasteiger charge is 2.29. The summed E-state index contributed by atoms with van der Waals surface area (Å²) in [6.07, 6.45) is 4.36. The number of thiocarbonyl (C=S) groups is 1. The SMILES string of the molecule is CC.CC(C)C(C)(C)CCC(C)(C)NC(=S)OC(C)(C)CCC(C)(C)C. The highest BCUT2D eigenvalue weighted by atomic mass is 32.1. The van der Waals surface area contributed by atoms with Gasteiger partial charge >= 0.3 is 0 Å². The van der Waals surface area contributed by atoms with Crippen LogP contribution in [0.25, 0.3) is 0 Å². The molecular weight excluding hydrogens is 338 g/mol. The second kappa shape index (κ2) is 10.9. The van der Waals surface area contributed by atoms with Gasteiger partial charge in [0.05, 0.1) is 0 Å². The van der Waals surface area contributed by atoms with Crippen LogP contribution in [0.4, 0.5) is 0 Å². The zero-order chi connectivity index (χ0) is 21.4. The van der Waals surface area contributed by atoms with Gasteiger partial charge in [-0.3, -0.25) is 0 Å². The molecule has 158 valence electrons. The van der Waals surface area contributed by atoms with Crippen LogP contribution in [0.1, 0.15) is 116 Å². The number of hydrogen-bond acceptors (Lipinski definition) is 2. The van der Waals surface area contributed by atoms with Gasteiger partial charge in [0, 0.05) is 5.54 Å². The van der Waals surface area contributed by atoms with Crippen LogP contribution in [0.2, 0.25) is 0 Å². The van der Waals surface area contributed by atoms with Crippen molar-refractivity contribution in [2.45, 2.75) is 127 Å². The van der Waals surface area contributed by atoms with Crippen molar-refractivity contribution in [3.63, 3.8) is 0 Å². The van der Waals surface area contributed by atoms with E-state index in [2.05, 4.69) is 81.5 Å². The minimum absolute atomic E-state index is 0.0522. The van der Waals surface area contributed by atoms with Gasteiger partial charge in [-0.1, -0.05) is 62.3 Å². The molecule has 0 aliphatic rings. The average Bonchev–Trinajstić information content (AvgIpc) is 2.43. The van der Waals surface area contributed by atoms with Gasteiger partial charge in [-0.05, 0) is 82.3 Å². The molecule has 0 rings (SSSR count). The standard InChI is InChI=1S/C21H43NOS.C2H6/c1-16(2)19(6,7)13-14-20(8,9)22-17(24)23-21(10,11)15-12-18(3,4)5;1-2/h16H,12-15H2,1-11H3,(H,22,24);1-2H3. The molecule has 3 heteroatoms. The smallest absolute Gasteiger partial charge is 0.257 e. The van der Waals surface area contributed by atoms with Crippen molar-refractivity contribution in [1.29, 1.82) is 0 Å². The third-order valence-electron chi connectivity index (χ3n) is 5.24. The molecule has 0 bridgehead atoms. The number of hydrogen-bond donors (Lipinski definition) is 1. The molecule has 1 N–H and O–H groups in total. The van der Waals surface area contributed by atoms with Gasteiger partial charge in [0.2, 0.25) is 0 Å². The van der Waals surface area contributed by atoms with Crippen molar-refractivity contribution in [2.24, 2.45) is 16.7 Å². The molecule has 0 unspecified atom stereocenters. The van der Waals surface area contributed by atoms with Crippen LogP contribution < -0.4 is 5.32 Å². The van der Waals surface area contributed by atoms with Crippen LogP contribution in [0.5, 0.6) is 0 Å². The lowest BCUT2D eigenvalue weighted by Crippen LogP contribution is -2.46. The fourth-order valence-electron chi connectivity index (χ4n) is 2.27. The predicted molar refractivity (Wildman–Crippen MR) is 123 cm³/mol. The van der Waals surface area contributed by atoms with Gasteiger partial charge in [-0.15, -0.1) is 0 Å². The van der Waals surface area contributed by atoms with E-state index in [-0.39, 0.29) is 11.1 Å². The zero-order valence-corrected chi connectivity index (χ0v) is 21.0. The van der Waals surface area contributed by atoms with Crippen LogP contribution in [-0.4, -0.2) is 16.3 Å². The van der Waals surface area contributed by atoms with Gasteiger partial charge in [-0.25, -0.2) is 0 Å². The lowest BCUT2D eigenvalue weighted by atomic mass is 9.75. The van der Waals surface area contributed by atoms with Gasteiger partial charge in [0.25, 0.3) is 5.17 Å². The lowest BCUT2D eigenvalue weighted by Gasteiger charge is -2.36. The quantitative estimate of drug-likeness (QED) is 0.430. The molecular formula is C23H49NOS. The topological polar surface area (TPSA) is 21.3 Å². The van der Waals surface area contributed by atoms with E-state index in [1.54, 1.807) is 0 Å². The van der Waals surface area contributed by atoms with Crippen LogP contribution in [0.3, 0.4) is 0 Å². The Kier molecular flexibility index (Phi) is 11.7. The number of rotatable bonds is 8. The summed E-state index contributed by atoms with van der Waals surface area (Å²) < 4.78 is 6.07.